The van der Waals surface area contributed by atoms with Crippen molar-refractivity contribution < 1.29 is 0 Å². The highest BCUT2D eigenvalue weighted by molar-refractivity contribution is 7.09. The monoisotopic (exact) mass is 225 g/mol. The lowest BCUT2D eigenvalue weighted by atomic mass is 10.4. The van der Waals surface area contributed by atoms with Gasteiger partial charge in [-0.05, 0) is 24.6 Å². The van der Waals surface area contributed by atoms with Gasteiger partial charge in [0.15, 0.2) is 0 Å². The molecule has 3 nitrogen and oxygen atoms in total. The Bertz CT molecular complexity index is 319. The van der Waals surface area contributed by atoms with Crippen molar-refractivity contribution in [3.8, 4) is 0 Å². The van der Waals surface area contributed by atoms with Crippen LogP contribution in [-0.4, -0.2) is 21.3 Å². The smallest absolute Gasteiger partial charge is 0.0794 e. The molecule has 0 atom stereocenters. The van der Waals surface area contributed by atoms with Crippen molar-refractivity contribution >= 4 is 22.9 Å². The molecule has 0 radical (unpaired) electrons. The van der Waals surface area contributed by atoms with Gasteiger partial charge in [0.25, 0.3) is 0 Å². The zero-order valence-electron chi connectivity index (χ0n) is 7.88. The molecule has 2 aromatic rings. The van der Waals surface area contributed by atoms with Crippen LogP contribution in [0.2, 0.25) is 0 Å². The Labute approximate surface area is 91.2 Å². The molecule has 0 aliphatic carbocycles. The third-order valence-electron chi connectivity index (χ3n) is 1.83. The average Bonchev–Trinajstić information content (AvgIpc) is 2.76. The second-order valence-electron chi connectivity index (χ2n) is 3.12. The second-order valence-corrected chi connectivity index (χ2v) is 5.01. The predicted octanol–water partition coefficient (Wildman–Crippen LogP) is 2.23. The van der Waals surface area contributed by atoms with Gasteiger partial charge in [-0.15, -0.1) is 11.3 Å². The van der Waals surface area contributed by atoms with Gasteiger partial charge < -0.3 is 0 Å². The van der Waals surface area contributed by atoms with Crippen LogP contribution in [0, 0.1) is 0 Å². The lowest BCUT2D eigenvalue weighted by Crippen LogP contribution is -2.15. The molecule has 0 saturated heterocycles. The van der Waals surface area contributed by atoms with E-state index in [0.717, 1.165) is 13.1 Å². The molecule has 2 aromatic heterocycles. The van der Waals surface area contributed by atoms with Gasteiger partial charge in [0, 0.05) is 35.2 Å². The summed E-state index contributed by atoms with van der Waals surface area (Å²) in [5.41, 5.74) is 1.87. The standard InChI is InChI=1S/C9H11N3S2/c1-12(5-8-2-3-11-14-8)6-9-4-10-7-13-9/h2-4,7H,5-6H2,1H3. The molecular weight excluding hydrogens is 214 g/mol. The molecule has 0 N–H and O–H groups in total. The number of hydrogen-bond donors (Lipinski definition) is 0. The molecule has 0 spiro atoms. The van der Waals surface area contributed by atoms with Crippen LogP contribution in [0.3, 0.4) is 0 Å². The van der Waals surface area contributed by atoms with E-state index in [-0.39, 0.29) is 0 Å². The first-order valence-corrected chi connectivity index (χ1v) is 5.95. The van der Waals surface area contributed by atoms with Crippen LogP contribution in [-0.2, 0) is 13.1 Å². The highest BCUT2D eigenvalue weighted by atomic mass is 32.1. The number of thiazole rings is 1. The van der Waals surface area contributed by atoms with Gasteiger partial charge in [-0.3, -0.25) is 9.88 Å². The zero-order valence-corrected chi connectivity index (χ0v) is 9.51. The van der Waals surface area contributed by atoms with E-state index in [4.69, 9.17) is 0 Å². The molecule has 0 aliphatic heterocycles. The Morgan fingerprint density at radius 1 is 1.36 bits per heavy atom. The zero-order chi connectivity index (χ0) is 9.80. The second kappa shape index (κ2) is 4.63. The Kier molecular flexibility index (Phi) is 3.23. The largest absolute Gasteiger partial charge is 0.296 e. The highest BCUT2D eigenvalue weighted by Crippen LogP contribution is 2.12. The minimum Gasteiger partial charge on any atom is -0.296 e. The van der Waals surface area contributed by atoms with Crippen molar-refractivity contribution in [1.29, 1.82) is 0 Å². The van der Waals surface area contributed by atoms with Crippen LogP contribution in [0.5, 0.6) is 0 Å². The summed E-state index contributed by atoms with van der Waals surface area (Å²) < 4.78 is 4.08. The molecule has 0 fully saturated rings. The molecule has 0 saturated carbocycles. The van der Waals surface area contributed by atoms with E-state index in [0.29, 0.717) is 0 Å². The third kappa shape index (κ3) is 2.60. The van der Waals surface area contributed by atoms with Gasteiger partial charge in [0.2, 0.25) is 0 Å². The summed E-state index contributed by atoms with van der Waals surface area (Å²) in [4.78, 5) is 8.92. The maximum absolute atomic E-state index is 4.08. The summed E-state index contributed by atoms with van der Waals surface area (Å²) >= 11 is 3.26. The molecule has 0 bridgehead atoms. The van der Waals surface area contributed by atoms with E-state index < -0.39 is 0 Å². The fourth-order valence-electron chi connectivity index (χ4n) is 1.23. The fraction of sp³-hybridized carbons (Fsp3) is 0.333. The van der Waals surface area contributed by atoms with Gasteiger partial charge in [-0.2, -0.15) is 0 Å². The average molecular weight is 225 g/mol. The van der Waals surface area contributed by atoms with Gasteiger partial charge >= 0.3 is 0 Å². The van der Waals surface area contributed by atoms with E-state index in [1.807, 2.05) is 17.9 Å². The van der Waals surface area contributed by atoms with Gasteiger partial charge in [-0.1, -0.05) is 0 Å². The molecule has 5 heteroatoms. The molecule has 0 amide bonds. The maximum Gasteiger partial charge on any atom is 0.0794 e. The molecule has 2 heterocycles. The Morgan fingerprint density at radius 3 is 2.86 bits per heavy atom. The van der Waals surface area contributed by atoms with Crippen molar-refractivity contribution in [3.63, 3.8) is 0 Å². The number of aromatic nitrogens is 2. The normalized spacial score (nSPS) is 11.0. The van der Waals surface area contributed by atoms with Crippen molar-refractivity contribution in [1.82, 2.24) is 14.3 Å². The highest BCUT2D eigenvalue weighted by Gasteiger charge is 2.03. The molecular formula is C9H11N3S2. The predicted molar refractivity (Wildman–Crippen MR) is 59.4 cm³/mol. The van der Waals surface area contributed by atoms with E-state index in [9.17, 15) is 0 Å². The number of hydrogen-bond acceptors (Lipinski definition) is 5. The van der Waals surface area contributed by atoms with Crippen molar-refractivity contribution in [2.24, 2.45) is 0 Å². The van der Waals surface area contributed by atoms with Crippen LogP contribution in [0.15, 0.2) is 24.0 Å². The van der Waals surface area contributed by atoms with Crippen molar-refractivity contribution in [2.75, 3.05) is 7.05 Å². The van der Waals surface area contributed by atoms with E-state index in [1.54, 1.807) is 22.9 Å². The summed E-state index contributed by atoms with van der Waals surface area (Å²) in [6.45, 7) is 1.92. The minimum absolute atomic E-state index is 0.961. The van der Waals surface area contributed by atoms with E-state index >= 15 is 0 Å². The molecule has 2 rings (SSSR count). The first-order valence-electron chi connectivity index (χ1n) is 4.30. The van der Waals surface area contributed by atoms with Crippen molar-refractivity contribution in [2.45, 2.75) is 13.1 Å². The summed E-state index contributed by atoms with van der Waals surface area (Å²) in [6, 6.07) is 2.06. The van der Waals surface area contributed by atoms with E-state index in [2.05, 4.69) is 27.4 Å². The first-order chi connectivity index (χ1) is 6.84. The summed E-state index contributed by atoms with van der Waals surface area (Å²) in [7, 11) is 2.11. The van der Waals surface area contributed by atoms with Crippen LogP contribution < -0.4 is 0 Å². The summed E-state index contributed by atoms with van der Waals surface area (Å²) in [6.07, 6.45) is 3.77. The lowest BCUT2D eigenvalue weighted by Gasteiger charge is -2.13. The summed E-state index contributed by atoms with van der Waals surface area (Å²) in [5, 5.41) is 0. The molecule has 0 unspecified atom stereocenters. The fourth-order valence-corrected chi connectivity index (χ4v) is 2.56. The Morgan fingerprint density at radius 2 is 2.21 bits per heavy atom. The molecule has 14 heavy (non-hydrogen) atoms. The Hall–Kier alpha value is -0.780. The van der Waals surface area contributed by atoms with Gasteiger partial charge in [0.1, 0.15) is 0 Å². The van der Waals surface area contributed by atoms with Crippen LogP contribution in [0.1, 0.15) is 9.75 Å². The number of nitrogens with zero attached hydrogens (tertiary/aromatic N) is 3. The maximum atomic E-state index is 4.08. The lowest BCUT2D eigenvalue weighted by molar-refractivity contribution is 0.324. The quantitative estimate of drug-likeness (QED) is 0.799. The van der Waals surface area contributed by atoms with E-state index in [1.165, 1.54) is 9.75 Å². The van der Waals surface area contributed by atoms with Crippen LogP contribution >= 0.6 is 22.9 Å². The minimum atomic E-state index is 0.961. The SMILES string of the molecule is CN(Cc1cncs1)Cc1ccns1. The number of rotatable bonds is 4. The topological polar surface area (TPSA) is 29.0 Å². The molecule has 0 aliphatic rings. The van der Waals surface area contributed by atoms with Gasteiger partial charge in [-0.25, -0.2) is 4.37 Å². The van der Waals surface area contributed by atoms with Gasteiger partial charge in [0.05, 0.1) is 5.51 Å². The van der Waals surface area contributed by atoms with Crippen LogP contribution in [0.25, 0.3) is 0 Å². The third-order valence-corrected chi connectivity index (χ3v) is 3.32. The van der Waals surface area contributed by atoms with Crippen molar-refractivity contribution in [3.05, 3.63) is 33.7 Å². The first kappa shape index (κ1) is 9.76. The summed E-state index contributed by atoms with van der Waals surface area (Å²) in [5.74, 6) is 0. The Balaban J connectivity index is 1.88. The molecule has 74 valence electrons. The molecule has 0 aromatic carbocycles. The van der Waals surface area contributed by atoms with Crippen LogP contribution in [0.4, 0.5) is 0 Å².